The summed E-state index contributed by atoms with van der Waals surface area (Å²) in [5, 5.41) is 0.416. The highest BCUT2D eigenvalue weighted by atomic mass is 35.5. The van der Waals surface area contributed by atoms with Gasteiger partial charge in [-0.2, -0.15) is 0 Å². The summed E-state index contributed by atoms with van der Waals surface area (Å²) in [4.78, 5) is 13.0. The maximum atomic E-state index is 5.99. The number of hydrogen-bond donors (Lipinski definition) is 0. The average molecular weight is 264 g/mol. The van der Waals surface area contributed by atoms with Crippen molar-refractivity contribution in [2.75, 3.05) is 7.11 Å². The lowest BCUT2D eigenvalue weighted by atomic mass is 10.2. The van der Waals surface area contributed by atoms with E-state index >= 15 is 0 Å². The van der Waals surface area contributed by atoms with Crippen LogP contribution in [-0.4, -0.2) is 22.1 Å². The highest BCUT2D eigenvalue weighted by molar-refractivity contribution is 6.29. The highest BCUT2D eigenvalue weighted by Gasteiger charge is 2.07. The van der Waals surface area contributed by atoms with Crippen LogP contribution in [0.1, 0.15) is 17.1 Å². The third kappa shape index (κ3) is 3.03. The van der Waals surface area contributed by atoms with Crippen molar-refractivity contribution in [3.8, 4) is 11.4 Å². The molecule has 0 saturated carbocycles. The van der Waals surface area contributed by atoms with E-state index in [0.29, 0.717) is 17.6 Å². The first-order valence-corrected chi connectivity index (χ1v) is 5.94. The Kier molecular flexibility index (Phi) is 3.89. The molecular weight excluding hydrogens is 250 g/mol. The zero-order chi connectivity index (χ0) is 13.1. The third-order valence-corrected chi connectivity index (χ3v) is 2.57. The fourth-order valence-electron chi connectivity index (χ4n) is 1.78. The Morgan fingerprint density at radius 1 is 1.06 bits per heavy atom. The molecule has 0 bridgehead atoms. The monoisotopic (exact) mass is 263 g/mol. The van der Waals surface area contributed by atoms with Crippen molar-refractivity contribution in [1.29, 1.82) is 0 Å². The van der Waals surface area contributed by atoms with E-state index in [9.17, 15) is 0 Å². The van der Waals surface area contributed by atoms with Crippen LogP contribution in [0.25, 0.3) is 11.4 Å². The summed E-state index contributed by atoms with van der Waals surface area (Å²) in [6.07, 6.45) is 0. The molecule has 0 atom stereocenters. The SMILES string of the molecule is COCc1cc(Cl)nc(-c2cc(C)nc(C)c2)n1. The van der Waals surface area contributed by atoms with Gasteiger partial charge in [0.05, 0.1) is 12.3 Å². The number of methoxy groups -OCH3 is 1. The average Bonchev–Trinajstić information content (AvgIpc) is 2.27. The summed E-state index contributed by atoms with van der Waals surface area (Å²) in [6.45, 7) is 4.30. The first-order valence-electron chi connectivity index (χ1n) is 5.56. The Hall–Kier alpha value is -1.52. The van der Waals surface area contributed by atoms with Gasteiger partial charge in [-0.25, -0.2) is 9.97 Å². The van der Waals surface area contributed by atoms with Gasteiger partial charge in [0.25, 0.3) is 0 Å². The predicted molar refractivity (Wildman–Crippen MR) is 70.5 cm³/mol. The van der Waals surface area contributed by atoms with Gasteiger partial charge < -0.3 is 4.74 Å². The molecule has 94 valence electrons. The number of pyridine rings is 1. The zero-order valence-electron chi connectivity index (χ0n) is 10.6. The molecule has 2 heterocycles. The third-order valence-electron chi connectivity index (χ3n) is 2.38. The lowest BCUT2D eigenvalue weighted by molar-refractivity contribution is 0.181. The van der Waals surface area contributed by atoms with Crippen molar-refractivity contribution in [2.24, 2.45) is 0 Å². The molecule has 0 aliphatic carbocycles. The van der Waals surface area contributed by atoms with Crippen LogP contribution in [0, 0.1) is 13.8 Å². The minimum absolute atomic E-state index is 0.415. The number of halogens is 1. The summed E-state index contributed by atoms with van der Waals surface area (Å²) in [5.41, 5.74) is 3.54. The second-order valence-corrected chi connectivity index (χ2v) is 4.46. The first kappa shape index (κ1) is 12.9. The molecule has 0 aromatic carbocycles. The predicted octanol–water partition coefficient (Wildman–Crippen LogP) is 2.96. The molecule has 5 heteroatoms. The topological polar surface area (TPSA) is 47.9 Å². The van der Waals surface area contributed by atoms with Crippen molar-refractivity contribution < 1.29 is 4.74 Å². The summed E-state index contributed by atoms with van der Waals surface area (Å²) in [6, 6.07) is 5.58. The zero-order valence-corrected chi connectivity index (χ0v) is 11.3. The van der Waals surface area contributed by atoms with Crippen LogP contribution in [0.2, 0.25) is 5.15 Å². The number of ether oxygens (including phenoxy) is 1. The fraction of sp³-hybridized carbons (Fsp3) is 0.308. The maximum Gasteiger partial charge on any atom is 0.161 e. The fourth-order valence-corrected chi connectivity index (χ4v) is 1.98. The quantitative estimate of drug-likeness (QED) is 0.799. The van der Waals surface area contributed by atoms with Crippen molar-refractivity contribution >= 4 is 11.6 Å². The molecule has 0 aliphatic heterocycles. The van der Waals surface area contributed by atoms with E-state index < -0.39 is 0 Å². The number of rotatable bonds is 3. The van der Waals surface area contributed by atoms with Gasteiger partial charge in [0.2, 0.25) is 0 Å². The van der Waals surface area contributed by atoms with E-state index in [2.05, 4.69) is 15.0 Å². The smallest absolute Gasteiger partial charge is 0.161 e. The lowest BCUT2D eigenvalue weighted by Crippen LogP contribution is -1.99. The van der Waals surface area contributed by atoms with Crippen molar-refractivity contribution in [2.45, 2.75) is 20.5 Å². The minimum atomic E-state index is 0.415. The Bertz CT molecular complexity index is 552. The Morgan fingerprint density at radius 3 is 2.33 bits per heavy atom. The summed E-state index contributed by atoms with van der Waals surface area (Å²) in [5.74, 6) is 0.600. The largest absolute Gasteiger partial charge is 0.378 e. The minimum Gasteiger partial charge on any atom is -0.378 e. The first-order chi connectivity index (χ1) is 8.58. The van der Waals surface area contributed by atoms with Crippen molar-refractivity contribution in [1.82, 2.24) is 15.0 Å². The van der Waals surface area contributed by atoms with Crippen LogP contribution in [0.4, 0.5) is 0 Å². The molecule has 0 saturated heterocycles. The van der Waals surface area contributed by atoms with Crippen molar-refractivity contribution in [3.05, 3.63) is 40.4 Å². The van der Waals surface area contributed by atoms with Gasteiger partial charge in [-0.1, -0.05) is 11.6 Å². The molecule has 0 radical (unpaired) electrons. The summed E-state index contributed by atoms with van der Waals surface area (Å²) in [7, 11) is 1.62. The highest BCUT2D eigenvalue weighted by Crippen LogP contribution is 2.19. The van der Waals surface area contributed by atoms with Gasteiger partial charge in [0, 0.05) is 24.1 Å². The van der Waals surface area contributed by atoms with Crippen LogP contribution in [0.3, 0.4) is 0 Å². The number of nitrogens with zero attached hydrogens (tertiary/aromatic N) is 3. The van der Waals surface area contributed by atoms with E-state index in [1.807, 2.05) is 26.0 Å². The Labute approximate surface area is 111 Å². The number of aromatic nitrogens is 3. The van der Waals surface area contributed by atoms with E-state index in [-0.39, 0.29) is 0 Å². The molecule has 0 N–H and O–H groups in total. The summed E-state index contributed by atoms with van der Waals surface area (Å²) >= 11 is 5.99. The molecule has 2 aromatic heterocycles. The van der Waals surface area contributed by atoms with Crippen LogP contribution < -0.4 is 0 Å². The molecule has 0 fully saturated rings. The molecule has 4 nitrogen and oxygen atoms in total. The Balaban J connectivity index is 2.49. The number of aryl methyl sites for hydroxylation is 2. The molecular formula is C13H14ClN3O. The van der Waals surface area contributed by atoms with E-state index in [0.717, 1.165) is 22.6 Å². The van der Waals surface area contributed by atoms with E-state index in [1.54, 1.807) is 13.2 Å². The van der Waals surface area contributed by atoms with Crippen molar-refractivity contribution in [3.63, 3.8) is 0 Å². The molecule has 0 aliphatic rings. The molecule has 2 aromatic rings. The molecule has 18 heavy (non-hydrogen) atoms. The van der Waals surface area contributed by atoms with E-state index in [1.165, 1.54) is 0 Å². The lowest BCUT2D eigenvalue weighted by Gasteiger charge is -2.06. The molecule has 0 unspecified atom stereocenters. The normalized spacial score (nSPS) is 10.7. The summed E-state index contributed by atoms with van der Waals surface area (Å²) < 4.78 is 5.06. The van der Waals surface area contributed by atoms with Gasteiger partial charge >= 0.3 is 0 Å². The van der Waals surface area contributed by atoms with Gasteiger partial charge in [0.15, 0.2) is 5.82 Å². The van der Waals surface area contributed by atoms with Crippen LogP contribution in [0.15, 0.2) is 18.2 Å². The van der Waals surface area contributed by atoms with Gasteiger partial charge in [-0.3, -0.25) is 4.98 Å². The Morgan fingerprint density at radius 2 is 1.72 bits per heavy atom. The molecule has 0 spiro atoms. The molecule has 2 rings (SSSR count). The second-order valence-electron chi connectivity index (χ2n) is 4.08. The van der Waals surface area contributed by atoms with Gasteiger partial charge in [-0.15, -0.1) is 0 Å². The standard InChI is InChI=1S/C13H14ClN3O/c1-8-4-10(5-9(2)15-8)13-16-11(7-18-3)6-12(14)17-13/h4-6H,7H2,1-3H3. The van der Waals surface area contributed by atoms with Crippen LogP contribution in [0.5, 0.6) is 0 Å². The van der Waals surface area contributed by atoms with E-state index in [4.69, 9.17) is 16.3 Å². The molecule has 0 amide bonds. The second kappa shape index (κ2) is 5.42. The van der Waals surface area contributed by atoms with Gasteiger partial charge in [0.1, 0.15) is 5.15 Å². The number of hydrogen-bond acceptors (Lipinski definition) is 4. The van der Waals surface area contributed by atoms with Crippen LogP contribution in [-0.2, 0) is 11.3 Å². The van der Waals surface area contributed by atoms with Gasteiger partial charge in [-0.05, 0) is 32.0 Å². The maximum absolute atomic E-state index is 5.99. The van der Waals surface area contributed by atoms with Crippen LogP contribution >= 0.6 is 11.6 Å².